The number of benzene rings is 1. The number of halogens is 1. The minimum atomic E-state index is 0.625. The fraction of sp³-hybridized carbons (Fsp3) is 0.300. The van der Waals surface area contributed by atoms with Gasteiger partial charge in [-0.2, -0.15) is 0 Å². The number of hydrogen-bond acceptors (Lipinski definition) is 2. The van der Waals surface area contributed by atoms with Crippen LogP contribution in [0.15, 0.2) is 10.5 Å². The van der Waals surface area contributed by atoms with E-state index in [1.165, 1.54) is 0 Å². The van der Waals surface area contributed by atoms with Crippen LogP contribution >= 0.6 is 15.9 Å². The molecule has 0 bridgehead atoms. The van der Waals surface area contributed by atoms with Crippen molar-refractivity contribution in [2.75, 3.05) is 7.11 Å². The zero-order valence-corrected chi connectivity index (χ0v) is 9.44. The van der Waals surface area contributed by atoms with Crippen molar-refractivity contribution in [1.29, 1.82) is 0 Å². The minimum Gasteiger partial charge on any atom is -0.496 e. The van der Waals surface area contributed by atoms with E-state index in [0.717, 1.165) is 27.6 Å². The minimum absolute atomic E-state index is 0.625. The average Bonchev–Trinajstić information content (AvgIpc) is 2.15. The summed E-state index contributed by atoms with van der Waals surface area (Å²) >= 11 is 3.37. The van der Waals surface area contributed by atoms with E-state index >= 15 is 0 Å². The van der Waals surface area contributed by atoms with Crippen LogP contribution in [-0.4, -0.2) is 13.4 Å². The molecular formula is C10H11BrO2. The van der Waals surface area contributed by atoms with Crippen molar-refractivity contribution in [2.24, 2.45) is 0 Å². The molecule has 0 aliphatic carbocycles. The van der Waals surface area contributed by atoms with Crippen molar-refractivity contribution in [3.05, 3.63) is 27.2 Å². The number of rotatable bonds is 2. The molecule has 0 aromatic heterocycles. The van der Waals surface area contributed by atoms with Crippen LogP contribution in [-0.2, 0) is 0 Å². The fourth-order valence-corrected chi connectivity index (χ4v) is 1.68. The Kier molecular flexibility index (Phi) is 3.09. The van der Waals surface area contributed by atoms with Crippen LogP contribution in [0.2, 0.25) is 0 Å². The van der Waals surface area contributed by atoms with Crippen molar-refractivity contribution in [2.45, 2.75) is 13.8 Å². The number of carbonyl (C=O) groups excluding carboxylic acids is 1. The van der Waals surface area contributed by atoms with Gasteiger partial charge in [0.25, 0.3) is 0 Å². The third-order valence-corrected chi connectivity index (χ3v) is 3.20. The third kappa shape index (κ3) is 1.75. The summed E-state index contributed by atoms with van der Waals surface area (Å²) in [6.45, 7) is 3.92. The summed E-state index contributed by atoms with van der Waals surface area (Å²) in [5, 5.41) is 0. The van der Waals surface area contributed by atoms with Gasteiger partial charge in [-0.1, -0.05) is 0 Å². The molecule has 70 valence electrons. The molecule has 0 amide bonds. The quantitative estimate of drug-likeness (QED) is 0.746. The second-order valence-electron chi connectivity index (χ2n) is 2.85. The first-order chi connectivity index (χ1) is 6.11. The fourth-order valence-electron chi connectivity index (χ4n) is 1.18. The zero-order chi connectivity index (χ0) is 10.0. The first kappa shape index (κ1) is 10.3. The van der Waals surface area contributed by atoms with Gasteiger partial charge in [-0.05, 0) is 47.0 Å². The first-order valence-corrected chi connectivity index (χ1v) is 4.70. The smallest absolute Gasteiger partial charge is 0.151 e. The second-order valence-corrected chi connectivity index (χ2v) is 3.64. The Labute approximate surface area is 86.0 Å². The molecule has 1 aromatic carbocycles. The Morgan fingerprint density at radius 1 is 1.38 bits per heavy atom. The van der Waals surface area contributed by atoms with Crippen molar-refractivity contribution in [3.8, 4) is 5.75 Å². The van der Waals surface area contributed by atoms with Gasteiger partial charge in [-0.25, -0.2) is 0 Å². The maximum atomic E-state index is 10.7. The first-order valence-electron chi connectivity index (χ1n) is 3.90. The summed E-state index contributed by atoms with van der Waals surface area (Å²) in [5.74, 6) is 0.753. The number of methoxy groups -OCH3 is 1. The van der Waals surface area contributed by atoms with Gasteiger partial charge in [-0.3, -0.25) is 4.79 Å². The number of ether oxygens (including phenoxy) is 1. The lowest BCUT2D eigenvalue weighted by Crippen LogP contribution is -1.95. The molecule has 0 spiro atoms. The van der Waals surface area contributed by atoms with E-state index in [4.69, 9.17) is 4.74 Å². The van der Waals surface area contributed by atoms with Gasteiger partial charge in [-0.15, -0.1) is 0 Å². The molecule has 3 heteroatoms. The highest BCUT2D eigenvalue weighted by atomic mass is 79.9. The summed E-state index contributed by atoms with van der Waals surface area (Å²) < 4.78 is 5.99. The molecule has 0 unspecified atom stereocenters. The normalized spacial score (nSPS) is 9.85. The summed E-state index contributed by atoms with van der Waals surface area (Å²) in [4.78, 5) is 10.7. The van der Waals surface area contributed by atoms with Crippen LogP contribution < -0.4 is 4.74 Å². The molecule has 0 saturated carbocycles. The van der Waals surface area contributed by atoms with E-state index in [9.17, 15) is 4.79 Å². The van der Waals surface area contributed by atoms with Gasteiger partial charge < -0.3 is 4.74 Å². The molecule has 0 aliphatic heterocycles. The van der Waals surface area contributed by atoms with Gasteiger partial charge in [0.05, 0.1) is 7.11 Å². The molecule has 0 N–H and O–H groups in total. The SMILES string of the molecule is COc1cc(C=O)c(Br)c(C)c1C. The standard InChI is InChI=1S/C10H11BrO2/c1-6-7(2)10(11)8(5-12)4-9(6)13-3/h4-5H,1-3H3. The van der Waals surface area contributed by atoms with Crippen LogP contribution in [0.1, 0.15) is 21.5 Å². The highest BCUT2D eigenvalue weighted by molar-refractivity contribution is 9.10. The average molecular weight is 243 g/mol. The van der Waals surface area contributed by atoms with Gasteiger partial charge in [0.2, 0.25) is 0 Å². The van der Waals surface area contributed by atoms with Crippen LogP contribution in [0.25, 0.3) is 0 Å². The Hall–Kier alpha value is -0.830. The monoisotopic (exact) mass is 242 g/mol. The Morgan fingerprint density at radius 2 is 2.00 bits per heavy atom. The predicted octanol–water partition coefficient (Wildman–Crippen LogP) is 2.89. The Bertz CT molecular complexity index is 345. The topological polar surface area (TPSA) is 26.3 Å². The lowest BCUT2D eigenvalue weighted by molar-refractivity contribution is 0.112. The molecule has 1 aromatic rings. The van der Waals surface area contributed by atoms with Gasteiger partial charge in [0.1, 0.15) is 5.75 Å². The number of carbonyl (C=O) groups is 1. The van der Waals surface area contributed by atoms with Gasteiger partial charge >= 0.3 is 0 Å². The molecule has 0 aliphatic rings. The van der Waals surface area contributed by atoms with Crippen molar-refractivity contribution in [3.63, 3.8) is 0 Å². The molecule has 13 heavy (non-hydrogen) atoms. The number of aldehydes is 1. The summed E-state index contributed by atoms with van der Waals surface area (Å²) in [6.07, 6.45) is 0.818. The van der Waals surface area contributed by atoms with Crippen molar-refractivity contribution < 1.29 is 9.53 Å². The maximum absolute atomic E-state index is 10.7. The van der Waals surface area contributed by atoms with Crippen LogP contribution in [0.3, 0.4) is 0 Å². The molecule has 0 saturated heterocycles. The van der Waals surface area contributed by atoms with E-state index in [-0.39, 0.29) is 0 Å². The van der Waals surface area contributed by atoms with Gasteiger partial charge in [0, 0.05) is 10.0 Å². The van der Waals surface area contributed by atoms with Gasteiger partial charge in [0.15, 0.2) is 6.29 Å². The Morgan fingerprint density at radius 3 is 2.46 bits per heavy atom. The van der Waals surface area contributed by atoms with Crippen LogP contribution in [0, 0.1) is 13.8 Å². The molecule has 0 heterocycles. The molecule has 1 rings (SSSR count). The lowest BCUT2D eigenvalue weighted by atomic mass is 10.1. The second kappa shape index (κ2) is 3.92. The molecule has 0 radical (unpaired) electrons. The highest BCUT2D eigenvalue weighted by Crippen LogP contribution is 2.30. The number of hydrogen-bond donors (Lipinski definition) is 0. The van der Waals surface area contributed by atoms with Crippen LogP contribution in [0.5, 0.6) is 5.75 Å². The molecule has 0 atom stereocenters. The lowest BCUT2D eigenvalue weighted by Gasteiger charge is -2.10. The summed E-state index contributed by atoms with van der Waals surface area (Å²) in [5.41, 5.74) is 2.72. The van der Waals surface area contributed by atoms with E-state index in [0.29, 0.717) is 5.56 Å². The maximum Gasteiger partial charge on any atom is 0.151 e. The van der Waals surface area contributed by atoms with E-state index in [2.05, 4.69) is 15.9 Å². The molecular weight excluding hydrogens is 232 g/mol. The predicted molar refractivity (Wildman–Crippen MR) is 55.6 cm³/mol. The Balaban J connectivity index is 3.45. The molecule has 2 nitrogen and oxygen atoms in total. The largest absolute Gasteiger partial charge is 0.496 e. The van der Waals surface area contributed by atoms with Crippen LogP contribution in [0.4, 0.5) is 0 Å². The van der Waals surface area contributed by atoms with E-state index < -0.39 is 0 Å². The van der Waals surface area contributed by atoms with E-state index in [1.807, 2.05) is 13.8 Å². The summed E-state index contributed by atoms with van der Waals surface area (Å²) in [6, 6.07) is 1.74. The van der Waals surface area contributed by atoms with Crippen molar-refractivity contribution >= 4 is 22.2 Å². The van der Waals surface area contributed by atoms with Crippen molar-refractivity contribution in [1.82, 2.24) is 0 Å². The highest BCUT2D eigenvalue weighted by Gasteiger charge is 2.09. The summed E-state index contributed by atoms with van der Waals surface area (Å²) in [7, 11) is 1.60. The molecule has 0 fully saturated rings. The zero-order valence-electron chi connectivity index (χ0n) is 7.85. The third-order valence-electron chi connectivity index (χ3n) is 2.15. The van der Waals surface area contributed by atoms with E-state index in [1.54, 1.807) is 13.2 Å².